The fourth-order valence-corrected chi connectivity index (χ4v) is 2.93. The lowest BCUT2D eigenvalue weighted by Gasteiger charge is -2.53. The summed E-state index contributed by atoms with van der Waals surface area (Å²) in [7, 11) is 1.94. The van der Waals surface area contributed by atoms with E-state index in [1.54, 1.807) is 0 Å². The third-order valence-electron chi connectivity index (χ3n) is 4.49. The van der Waals surface area contributed by atoms with Gasteiger partial charge in [0.25, 0.3) is 5.69 Å². The average molecular weight is 299 g/mol. The fourth-order valence-electron chi connectivity index (χ4n) is 2.77. The minimum absolute atomic E-state index is 0.00732. The van der Waals surface area contributed by atoms with Crippen LogP contribution in [0.15, 0.2) is 18.2 Å². The van der Waals surface area contributed by atoms with Crippen molar-refractivity contribution in [3.63, 3.8) is 0 Å². The van der Waals surface area contributed by atoms with Crippen LogP contribution < -0.4 is 10.1 Å². The van der Waals surface area contributed by atoms with Gasteiger partial charge in [0, 0.05) is 23.9 Å². The van der Waals surface area contributed by atoms with Crippen molar-refractivity contribution in [1.82, 2.24) is 5.32 Å². The highest BCUT2D eigenvalue weighted by molar-refractivity contribution is 6.32. The maximum absolute atomic E-state index is 10.8. The molecule has 20 heavy (non-hydrogen) atoms. The zero-order valence-electron chi connectivity index (χ0n) is 11.9. The Balaban J connectivity index is 2.19. The number of rotatable bonds is 5. The lowest BCUT2D eigenvalue weighted by molar-refractivity contribution is -0.385. The predicted molar refractivity (Wildman–Crippen MR) is 78.4 cm³/mol. The molecule has 0 bridgehead atoms. The molecule has 3 atom stereocenters. The van der Waals surface area contributed by atoms with Crippen LogP contribution in [0.2, 0.25) is 5.02 Å². The Kier molecular flexibility index (Phi) is 4.20. The molecule has 0 heterocycles. The number of hydrogen-bond donors (Lipinski definition) is 1. The highest BCUT2D eigenvalue weighted by Crippen LogP contribution is 2.46. The molecular formula is C14H19ClN2O3. The van der Waals surface area contributed by atoms with E-state index in [2.05, 4.69) is 19.2 Å². The van der Waals surface area contributed by atoms with Crippen LogP contribution in [0.1, 0.15) is 26.7 Å². The molecular weight excluding hydrogens is 280 g/mol. The summed E-state index contributed by atoms with van der Waals surface area (Å²) in [5.74, 6) is 0.389. The van der Waals surface area contributed by atoms with Crippen LogP contribution in [-0.2, 0) is 0 Å². The van der Waals surface area contributed by atoms with Gasteiger partial charge < -0.3 is 10.1 Å². The number of nitro groups is 1. The van der Waals surface area contributed by atoms with Crippen molar-refractivity contribution in [2.45, 2.75) is 38.8 Å². The molecule has 0 amide bonds. The van der Waals surface area contributed by atoms with Crippen molar-refractivity contribution in [2.75, 3.05) is 7.05 Å². The number of ether oxygens (including phenoxy) is 1. The van der Waals surface area contributed by atoms with Crippen LogP contribution in [0.25, 0.3) is 0 Å². The molecule has 1 aliphatic rings. The van der Waals surface area contributed by atoms with Gasteiger partial charge in [-0.05, 0) is 19.5 Å². The molecule has 1 N–H and O–H groups in total. The van der Waals surface area contributed by atoms with Gasteiger partial charge in [0.05, 0.1) is 16.0 Å². The highest BCUT2D eigenvalue weighted by Gasteiger charge is 2.51. The van der Waals surface area contributed by atoms with Crippen LogP contribution >= 0.6 is 11.6 Å². The van der Waals surface area contributed by atoms with Gasteiger partial charge in [-0.1, -0.05) is 25.4 Å². The van der Waals surface area contributed by atoms with Gasteiger partial charge in [-0.3, -0.25) is 10.1 Å². The number of benzene rings is 1. The van der Waals surface area contributed by atoms with Crippen LogP contribution in [0.4, 0.5) is 5.69 Å². The van der Waals surface area contributed by atoms with E-state index in [-0.39, 0.29) is 17.2 Å². The SMILES string of the molecule is CCC1(C)C(NC)CC1Oc1cc([N+](=O)[O-])ccc1Cl. The number of nitrogens with zero attached hydrogens (tertiary/aromatic N) is 1. The van der Waals surface area contributed by atoms with Gasteiger partial charge in [0.15, 0.2) is 0 Å². The van der Waals surface area contributed by atoms with Crippen molar-refractivity contribution in [2.24, 2.45) is 5.41 Å². The zero-order chi connectivity index (χ0) is 14.9. The number of halogens is 1. The molecule has 1 fully saturated rings. The van der Waals surface area contributed by atoms with Crippen molar-refractivity contribution >= 4 is 17.3 Å². The van der Waals surface area contributed by atoms with E-state index in [1.807, 2.05) is 7.05 Å². The molecule has 1 saturated carbocycles. The molecule has 0 saturated heterocycles. The monoisotopic (exact) mass is 298 g/mol. The molecule has 1 aromatic rings. The average Bonchev–Trinajstić information content (AvgIpc) is 2.43. The first-order valence-corrected chi connectivity index (χ1v) is 7.08. The Morgan fingerprint density at radius 2 is 2.30 bits per heavy atom. The van der Waals surface area contributed by atoms with E-state index in [4.69, 9.17) is 16.3 Å². The molecule has 3 unspecified atom stereocenters. The Labute approximate surface area is 123 Å². The molecule has 6 heteroatoms. The molecule has 0 radical (unpaired) electrons. The van der Waals surface area contributed by atoms with Crippen LogP contribution in [0.3, 0.4) is 0 Å². The summed E-state index contributed by atoms with van der Waals surface area (Å²) in [6, 6.07) is 4.68. The first-order chi connectivity index (χ1) is 9.42. The summed E-state index contributed by atoms with van der Waals surface area (Å²) in [6.45, 7) is 4.28. The maximum atomic E-state index is 10.8. The summed E-state index contributed by atoms with van der Waals surface area (Å²) in [5.41, 5.74) is 0.00924. The standard InChI is InChI=1S/C14H19ClN2O3/c1-4-14(2)12(16-3)8-13(14)20-11-7-9(17(18)19)5-6-10(11)15/h5-7,12-13,16H,4,8H2,1-3H3. The molecule has 2 rings (SSSR count). The summed E-state index contributed by atoms with van der Waals surface area (Å²) >= 11 is 6.07. The Hall–Kier alpha value is -1.33. The van der Waals surface area contributed by atoms with E-state index in [0.717, 1.165) is 12.8 Å². The topological polar surface area (TPSA) is 64.4 Å². The number of nitro benzene ring substituents is 1. The first-order valence-electron chi connectivity index (χ1n) is 6.70. The summed E-state index contributed by atoms with van der Waals surface area (Å²) in [6.07, 6.45) is 1.86. The van der Waals surface area contributed by atoms with E-state index >= 15 is 0 Å². The van der Waals surface area contributed by atoms with Gasteiger partial charge in [0.1, 0.15) is 11.9 Å². The highest BCUT2D eigenvalue weighted by atomic mass is 35.5. The number of nitrogens with one attached hydrogen (secondary N) is 1. The largest absolute Gasteiger partial charge is 0.488 e. The molecule has 1 aliphatic carbocycles. The number of hydrogen-bond acceptors (Lipinski definition) is 4. The van der Waals surface area contributed by atoms with Crippen LogP contribution in [0, 0.1) is 15.5 Å². The van der Waals surface area contributed by atoms with E-state index in [9.17, 15) is 10.1 Å². The Bertz CT molecular complexity index is 523. The van der Waals surface area contributed by atoms with Crippen molar-refractivity contribution < 1.29 is 9.66 Å². The molecule has 1 aromatic carbocycles. The second-order valence-corrected chi connectivity index (χ2v) is 5.82. The normalized spacial score (nSPS) is 28.8. The Morgan fingerprint density at radius 3 is 2.85 bits per heavy atom. The van der Waals surface area contributed by atoms with Gasteiger partial charge in [-0.15, -0.1) is 0 Å². The molecule has 110 valence electrons. The summed E-state index contributed by atoms with van der Waals surface area (Å²) in [5, 5.41) is 14.5. The minimum atomic E-state index is -0.445. The van der Waals surface area contributed by atoms with Gasteiger partial charge >= 0.3 is 0 Å². The molecule has 0 aliphatic heterocycles. The molecule has 0 aromatic heterocycles. The van der Waals surface area contributed by atoms with Crippen molar-refractivity contribution in [1.29, 1.82) is 0 Å². The van der Waals surface area contributed by atoms with Crippen LogP contribution in [-0.4, -0.2) is 24.1 Å². The number of non-ortho nitro benzene ring substituents is 1. The quantitative estimate of drug-likeness (QED) is 0.668. The third kappa shape index (κ3) is 2.47. The maximum Gasteiger partial charge on any atom is 0.273 e. The summed E-state index contributed by atoms with van der Waals surface area (Å²) < 4.78 is 5.93. The van der Waals surface area contributed by atoms with E-state index in [1.165, 1.54) is 18.2 Å². The lowest BCUT2D eigenvalue weighted by Crippen LogP contribution is -2.62. The lowest BCUT2D eigenvalue weighted by atomic mass is 9.61. The first kappa shape index (κ1) is 15.1. The second-order valence-electron chi connectivity index (χ2n) is 5.41. The zero-order valence-corrected chi connectivity index (χ0v) is 12.6. The summed E-state index contributed by atoms with van der Waals surface area (Å²) in [4.78, 5) is 10.4. The predicted octanol–water partition coefficient (Wildman–Crippen LogP) is 3.40. The third-order valence-corrected chi connectivity index (χ3v) is 4.80. The van der Waals surface area contributed by atoms with E-state index < -0.39 is 4.92 Å². The van der Waals surface area contributed by atoms with Crippen molar-refractivity contribution in [3.8, 4) is 5.75 Å². The molecule has 0 spiro atoms. The van der Waals surface area contributed by atoms with Crippen molar-refractivity contribution in [3.05, 3.63) is 33.3 Å². The van der Waals surface area contributed by atoms with E-state index in [0.29, 0.717) is 16.8 Å². The molecule has 5 nitrogen and oxygen atoms in total. The van der Waals surface area contributed by atoms with Gasteiger partial charge in [-0.25, -0.2) is 0 Å². The Morgan fingerprint density at radius 1 is 1.60 bits per heavy atom. The fraction of sp³-hybridized carbons (Fsp3) is 0.571. The second kappa shape index (κ2) is 5.58. The smallest absolute Gasteiger partial charge is 0.273 e. The van der Waals surface area contributed by atoms with Gasteiger partial charge in [0.2, 0.25) is 0 Å². The minimum Gasteiger partial charge on any atom is -0.488 e. The van der Waals surface area contributed by atoms with Crippen LogP contribution in [0.5, 0.6) is 5.75 Å². The van der Waals surface area contributed by atoms with Gasteiger partial charge in [-0.2, -0.15) is 0 Å².